The number of carbonyl (C=O) groups excluding carboxylic acids is 2. The zero-order valence-corrected chi connectivity index (χ0v) is 19.5. The molecule has 1 aliphatic heterocycles. The first-order valence-corrected chi connectivity index (χ1v) is 11.4. The summed E-state index contributed by atoms with van der Waals surface area (Å²) in [5.41, 5.74) is 3.17. The molecule has 32 heavy (non-hydrogen) atoms. The van der Waals surface area contributed by atoms with Gasteiger partial charge in [0.1, 0.15) is 6.04 Å². The van der Waals surface area contributed by atoms with Gasteiger partial charge in [-0.25, -0.2) is 0 Å². The molecule has 1 N–H and O–H groups in total. The van der Waals surface area contributed by atoms with Gasteiger partial charge in [0.05, 0.1) is 0 Å². The highest BCUT2D eigenvalue weighted by atomic mass is 16.7. The molecule has 6 heteroatoms. The van der Waals surface area contributed by atoms with Crippen LogP contribution in [-0.2, 0) is 22.6 Å². The van der Waals surface area contributed by atoms with Gasteiger partial charge < -0.3 is 19.7 Å². The van der Waals surface area contributed by atoms with E-state index in [1.54, 1.807) is 4.90 Å². The number of ether oxygens (including phenoxy) is 2. The third-order valence-corrected chi connectivity index (χ3v) is 5.89. The van der Waals surface area contributed by atoms with Crippen molar-refractivity contribution in [3.8, 4) is 11.5 Å². The molecule has 0 fully saturated rings. The van der Waals surface area contributed by atoms with Gasteiger partial charge in [-0.1, -0.05) is 49.7 Å². The molecule has 0 saturated heterocycles. The van der Waals surface area contributed by atoms with Crippen LogP contribution in [0, 0.1) is 6.92 Å². The highest BCUT2D eigenvalue weighted by Crippen LogP contribution is 2.32. The summed E-state index contributed by atoms with van der Waals surface area (Å²) >= 11 is 0. The van der Waals surface area contributed by atoms with Gasteiger partial charge in [0, 0.05) is 19.0 Å². The van der Waals surface area contributed by atoms with Crippen molar-refractivity contribution in [3.05, 3.63) is 59.2 Å². The molecular formula is C26H34N2O4. The Morgan fingerprint density at radius 2 is 1.81 bits per heavy atom. The third kappa shape index (κ3) is 6.02. The van der Waals surface area contributed by atoms with Crippen LogP contribution in [0.4, 0.5) is 0 Å². The van der Waals surface area contributed by atoms with Crippen LogP contribution in [0.2, 0.25) is 0 Å². The average molecular weight is 439 g/mol. The second kappa shape index (κ2) is 11.0. The fraction of sp³-hybridized carbons (Fsp3) is 0.462. The fourth-order valence-electron chi connectivity index (χ4n) is 3.86. The van der Waals surface area contributed by atoms with E-state index in [1.165, 1.54) is 0 Å². The number of amides is 2. The smallest absolute Gasteiger partial charge is 0.243 e. The van der Waals surface area contributed by atoms with Crippen molar-refractivity contribution in [3.63, 3.8) is 0 Å². The summed E-state index contributed by atoms with van der Waals surface area (Å²) < 4.78 is 10.8. The maximum absolute atomic E-state index is 13.4. The van der Waals surface area contributed by atoms with E-state index in [2.05, 4.69) is 11.4 Å². The van der Waals surface area contributed by atoms with E-state index in [-0.39, 0.29) is 24.6 Å². The number of hydrogen-bond donors (Lipinski definition) is 1. The maximum atomic E-state index is 13.4. The van der Waals surface area contributed by atoms with Crippen molar-refractivity contribution in [2.75, 3.05) is 6.79 Å². The summed E-state index contributed by atoms with van der Waals surface area (Å²) in [4.78, 5) is 28.1. The molecule has 0 aliphatic carbocycles. The number of aryl methyl sites for hydroxylation is 2. The highest BCUT2D eigenvalue weighted by molar-refractivity contribution is 5.88. The summed E-state index contributed by atoms with van der Waals surface area (Å²) in [6.07, 6.45) is 2.30. The molecule has 2 atom stereocenters. The van der Waals surface area contributed by atoms with Gasteiger partial charge in [0.15, 0.2) is 11.5 Å². The Labute approximate surface area is 190 Å². The van der Waals surface area contributed by atoms with Gasteiger partial charge in [-0.3, -0.25) is 9.59 Å². The van der Waals surface area contributed by atoms with E-state index in [4.69, 9.17) is 9.47 Å². The number of nitrogens with zero attached hydrogens (tertiary/aromatic N) is 1. The normalized spacial score (nSPS) is 14.0. The lowest BCUT2D eigenvalue weighted by Gasteiger charge is -2.31. The molecule has 2 aromatic carbocycles. The van der Waals surface area contributed by atoms with E-state index < -0.39 is 6.04 Å². The van der Waals surface area contributed by atoms with Crippen LogP contribution in [0.5, 0.6) is 11.5 Å². The Kier molecular flexibility index (Phi) is 8.14. The van der Waals surface area contributed by atoms with Crippen LogP contribution in [0.15, 0.2) is 42.5 Å². The van der Waals surface area contributed by atoms with Crippen molar-refractivity contribution in [2.24, 2.45) is 0 Å². The molecule has 6 nitrogen and oxygen atoms in total. The Hall–Kier alpha value is -3.02. The third-order valence-electron chi connectivity index (χ3n) is 5.89. The van der Waals surface area contributed by atoms with Crippen LogP contribution >= 0.6 is 0 Å². The zero-order valence-electron chi connectivity index (χ0n) is 19.5. The lowest BCUT2D eigenvalue weighted by Crippen LogP contribution is -2.50. The van der Waals surface area contributed by atoms with Gasteiger partial charge in [-0.2, -0.15) is 0 Å². The predicted octanol–water partition coefficient (Wildman–Crippen LogP) is 4.38. The molecule has 2 amide bonds. The number of fused-ring (bicyclic) bond motifs is 1. The first-order valence-electron chi connectivity index (χ1n) is 11.4. The van der Waals surface area contributed by atoms with Crippen LogP contribution in [0.1, 0.15) is 56.7 Å². The van der Waals surface area contributed by atoms with Crippen molar-refractivity contribution in [1.82, 2.24) is 10.2 Å². The van der Waals surface area contributed by atoms with Gasteiger partial charge in [-0.15, -0.1) is 0 Å². The average Bonchev–Trinajstić information content (AvgIpc) is 3.25. The molecule has 0 spiro atoms. The first-order chi connectivity index (χ1) is 15.4. The molecule has 3 rings (SSSR count). The van der Waals surface area contributed by atoms with E-state index >= 15 is 0 Å². The lowest BCUT2D eigenvalue weighted by atomic mass is 10.0. The SMILES string of the molecule is CC[C@H](C)NC(=O)[C@H](CC)N(Cc1cccc(C)c1)C(=O)CCc1ccc2c(c1)OCO2. The zero-order chi connectivity index (χ0) is 23.1. The molecule has 2 aromatic rings. The van der Waals surface area contributed by atoms with E-state index in [0.29, 0.717) is 31.6 Å². The minimum atomic E-state index is -0.506. The molecule has 0 saturated carbocycles. The van der Waals surface area contributed by atoms with Crippen molar-refractivity contribution >= 4 is 11.8 Å². The highest BCUT2D eigenvalue weighted by Gasteiger charge is 2.29. The van der Waals surface area contributed by atoms with Crippen molar-refractivity contribution in [1.29, 1.82) is 0 Å². The molecule has 0 bridgehead atoms. The number of rotatable bonds is 10. The largest absolute Gasteiger partial charge is 0.454 e. The van der Waals surface area contributed by atoms with E-state index in [0.717, 1.165) is 28.9 Å². The minimum Gasteiger partial charge on any atom is -0.454 e. The first kappa shape index (κ1) is 23.6. The second-order valence-corrected chi connectivity index (χ2v) is 8.44. The summed E-state index contributed by atoms with van der Waals surface area (Å²) in [6.45, 7) is 8.64. The number of nitrogens with one attached hydrogen (secondary N) is 1. The van der Waals surface area contributed by atoms with Crippen LogP contribution in [0.25, 0.3) is 0 Å². The Bertz CT molecular complexity index is 943. The van der Waals surface area contributed by atoms with Gasteiger partial charge in [0.2, 0.25) is 18.6 Å². The molecule has 172 valence electrons. The number of hydrogen-bond acceptors (Lipinski definition) is 4. The van der Waals surface area contributed by atoms with E-state index in [1.807, 2.05) is 64.1 Å². The Balaban J connectivity index is 1.76. The molecular weight excluding hydrogens is 404 g/mol. The summed E-state index contributed by atoms with van der Waals surface area (Å²) in [7, 11) is 0. The molecule has 1 aliphatic rings. The van der Waals surface area contributed by atoms with Gasteiger partial charge >= 0.3 is 0 Å². The topological polar surface area (TPSA) is 67.9 Å². The summed E-state index contributed by atoms with van der Waals surface area (Å²) in [5, 5.41) is 3.05. The quantitative estimate of drug-likeness (QED) is 0.598. The summed E-state index contributed by atoms with van der Waals surface area (Å²) in [6, 6.07) is 13.4. The molecule has 0 unspecified atom stereocenters. The van der Waals surface area contributed by atoms with Crippen LogP contribution in [-0.4, -0.2) is 35.6 Å². The second-order valence-electron chi connectivity index (χ2n) is 8.44. The summed E-state index contributed by atoms with van der Waals surface area (Å²) in [5.74, 6) is 1.32. The fourth-order valence-corrected chi connectivity index (χ4v) is 3.86. The van der Waals surface area contributed by atoms with Crippen LogP contribution in [0.3, 0.4) is 0 Å². The molecule has 0 radical (unpaired) electrons. The lowest BCUT2D eigenvalue weighted by molar-refractivity contribution is -0.141. The Morgan fingerprint density at radius 1 is 1.03 bits per heavy atom. The minimum absolute atomic E-state index is 0.0321. The van der Waals surface area contributed by atoms with Crippen molar-refractivity contribution in [2.45, 2.75) is 72.0 Å². The van der Waals surface area contributed by atoms with Gasteiger partial charge in [0.25, 0.3) is 0 Å². The van der Waals surface area contributed by atoms with Crippen molar-refractivity contribution < 1.29 is 19.1 Å². The monoisotopic (exact) mass is 438 g/mol. The van der Waals surface area contributed by atoms with Gasteiger partial charge in [-0.05, 0) is 56.4 Å². The Morgan fingerprint density at radius 3 is 2.53 bits per heavy atom. The molecule has 0 aromatic heterocycles. The molecule has 1 heterocycles. The number of carbonyl (C=O) groups is 2. The van der Waals surface area contributed by atoms with E-state index in [9.17, 15) is 9.59 Å². The van der Waals surface area contributed by atoms with Crippen LogP contribution < -0.4 is 14.8 Å². The maximum Gasteiger partial charge on any atom is 0.243 e. The standard InChI is InChI=1S/C26H34N2O4/c1-5-19(4)27-26(30)22(6-2)28(16-21-9-7-8-18(3)14-21)25(29)13-11-20-10-12-23-24(15-20)32-17-31-23/h7-10,12,14-15,19,22H,5-6,11,13,16-17H2,1-4H3,(H,27,30)/t19-,22-/m0/s1. The number of benzene rings is 2. The predicted molar refractivity (Wildman–Crippen MR) is 125 cm³/mol.